The predicted molar refractivity (Wildman–Crippen MR) is 82.2 cm³/mol. The number of amides is 1. The molecule has 124 valence electrons. The highest BCUT2D eigenvalue weighted by Gasteiger charge is 2.23. The molecule has 9 heteroatoms. The molecule has 1 amide bonds. The first kappa shape index (κ1) is 15.8. The fourth-order valence-corrected chi connectivity index (χ4v) is 3.01. The molecule has 8 nitrogen and oxygen atoms in total. The number of furan rings is 1. The van der Waals surface area contributed by atoms with Gasteiger partial charge in [0, 0.05) is 32.3 Å². The molecule has 0 saturated heterocycles. The van der Waals surface area contributed by atoms with Gasteiger partial charge in [0.25, 0.3) is 5.91 Å². The van der Waals surface area contributed by atoms with Crippen molar-refractivity contribution < 1.29 is 17.6 Å². The lowest BCUT2D eigenvalue weighted by molar-refractivity contribution is 0.0727. The summed E-state index contributed by atoms with van der Waals surface area (Å²) in [5.41, 5.74) is 0.790. The number of carbonyl (C=O) groups excluding carboxylic acids is 1. The molecule has 1 aliphatic rings. The Hall–Kier alpha value is -2.13. The number of carbonyl (C=O) groups is 1. The average molecular weight is 338 g/mol. The van der Waals surface area contributed by atoms with Crippen molar-refractivity contribution in [1.29, 1.82) is 0 Å². The van der Waals surface area contributed by atoms with Crippen molar-refractivity contribution >= 4 is 15.9 Å². The second kappa shape index (κ2) is 6.17. The molecule has 0 fully saturated rings. The van der Waals surface area contributed by atoms with E-state index in [-0.39, 0.29) is 12.5 Å². The van der Waals surface area contributed by atoms with E-state index in [9.17, 15) is 13.2 Å². The van der Waals surface area contributed by atoms with Gasteiger partial charge < -0.3 is 13.9 Å². The third kappa shape index (κ3) is 3.62. The highest BCUT2D eigenvalue weighted by Crippen LogP contribution is 2.14. The van der Waals surface area contributed by atoms with Gasteiger partial charge in [0.15, 0.2) is 5.76 Å². The lowest BCUT2D eigenvalue weighted by Crippen LogP contribution is -2.33. The van der Waals surface area contributed by atoms with Crippen LogP contribution in [0, 0.1) is 0 Å². The number of nitrogens with one attached hydrogen (secondary N) is 1. The van der Waals surface area contributed by atoms with Gasteiger partial charge >= 0.3 is 0 Å². The normalized spacial score (nSPS) is 15.3. The molecule has 0 aliphatic carbocycles. The Kier molecular flexibility index (Phi) is 4.22. The molecule has 0 aromatic carbocycles. The minimum Gasteiger partial charge on any atom is -0.459 e. The van der Waals surface area contributed by atoms with Crippen LogP contribution in [0.25, 0.3) is 0 Å². The summed E-state index contributed by atoms with van der Waals surface area (Å²) in [5, 5.41) is 0. The van der Waals surface area contributed by atoms with Crippen LogP contribution in [0.5, 0.6) is 0 Å². The Morgan fingerprint density at radius 2 is 2.22 bits per heavy atom. The third-order valence-corrected chi connectivity index (χ3v) is 4.42. The van der Waals surface area contributed by atoms with Crippen LogP contribution in [0.1, 0.15) is 22.1 Å². The number of imidazole rings is 1. The van der Waals surface area contributed by atoms with Crippen LogP contribution >= 0.6 is 0 Å². The molecule has 3 heterocycles. The van der Waals surface area contributed by atoms with E-state index in [2.05, 4.69) is 9.71 Å². The fourth-order valence-electron chi connectivity index (χ4n) is 2.60. The van der Waals surface area contributed by atoms with E-state index >= 15 is 0 Å². The number of rotatable bonds is 4. The zero-order valence-electron chi connectivity index (χ0n) is 12.7. The van der Waals surface area contributed by atoms with Crippen molar-refractivity contribution in [1.82, 2.24) is 19.2 Å². The highest BCUT2D eigenvalue weighted by atomic mass is 32.2. The molecule has 23 heavy (non-hydrogen) atoms. The van der Waals surface area contributed by atoms with Gasteiger partial charge in [-0.3, -0.25) is 4.79 Å². The maximum Gasteiger partial charge on any atom is 0.289 e. The van der Waals surface area contributed by atoms with Crippen LogP contribution < -0.4 is 4.72 Å². The summed E-state index contributed by atoms with van der Waals surface area (Å²) in [7, 11) is -3.26. The van der Waals surface area contributed by atoms with E-state index in [0.717, 1.165) is 17.8 Å². The zero-order valence-corrected chi connectivity index (χ0v) is 13.5. The van der Waals surface area contributed by atoms with Crippen molar-refractivity contribution in [3.63, 3.8) is 0 Å². The van der Waals surface area contributed by atoms with Crippen molar-refractivity contribution in [2.24, 2.45) is 0 Å². The predicted octanol–water partition coefficient (Wildman–Crippen LogP) is 0.224. The summed E-state index contributed by atoms with van der Waals surface area (Å²) in [5.74, 6) is 1.03. The van der Waals surface area contributed by atoms with Gasteiger partial charge in [-0.05, 0) is 12.1 Å². The first-order valence-corrected chi connectivity index (χ1v) is 9.14. The van der Waals surface area contributed by atoms with Gasteiger partial charge in [-0.1, -0.05) is 0 Å². The number of nitrogens with zero attached hydrogens (tertiary/aromatic N) is 3. The summed E-state index contributed by atoms with van der Waals surface area (Å²) >= 11 is 0. The number of hydrogen-bond donors (Lipinski definition) is 1. The SMILES string of the molecule is CS(=O)(=O)NCc1cnc2n1CCN(C(=O)c1ccco1)CC2. The molecule has 0 radical (unpaired) electrons. The quantitative estimate of drug-likeness (QED) is 0.860. The summed E-state index contributed by atoms with van der Waals surface area (Å²) in [6.07, 6.45) is 4.89. The second-order valence-corrected chi connectivity index (χ2v) is 7.26. The van der Waals surface area contributed by atoms with E-state index in [1.807, 2.05) is 4.57 Å². The molecule has 0 spiro atoms. The maximum atomic E-state index is 12.3. The lowest BCUT2D eigenvalue weighted by Gasteiger charge is -2.18. The van der Waals surface area contributed by atoms with E-state index in [1.54, 1.807) is 23.2 Å². The van der Waals surface area contributed by atoms with Gasteiger partial charge in [0.1, 0.15) is 5.82 Å². The van der Waals surface area contributed by atoms with Gasteiger partial charge in [-0.25, -0.2) is 18.1 Å². The summed E-state index contributed by atoms with van der Waals surface area (Å²) in [6.45, 7) is 1.84. The molecule has 0 bridgehead atoms. The first-order valence-electron chi connectivity index (χ1n) is 7.25. The van der Waals surface area contributed by atoms with E-state index in [0.29, 0.717) is 31.8 Å². The first-order chi connectivity index (χ1) is 10.9. The molecule has 1 N–H and O–H groups in total. The van der Waals surface area contributed by atoms with Crippen LogP contribution in [0.15, 0.2) is 29.0 Å². The monoisotopic (exact) mass is 338 g/mol. The van der Waals surface area contributed by atoms with Crippen molar-refractivity contribution in [2.75, 3.05) is 19.3 Å². The fraction of sp³-hybridized carbons (Fsp3) is 0.429. The molecule has 3 rings (SSSR count). The van der Waals surface area contributed by atoms with Gasteiger partial charge in [0.2, 0.25) is 10.0 Å². The number of fused-ring (bicyclic) bond motifs is 1. The summed E-state index contributed by atoms with van der Waals surface area (Å²) < 4.78 is 32.1. The summed E-state index contributed by atoms with van der Waals surface area (Å²) in [4.78, 5) is 18.4. The van der Waals surface area contributed by atoms with Crippen LogP contribution in [0.3, 0.4) is 0 Å². The van der Waals surface area contributed by atoms with Crippen LogP contribution in [-0.2, 0) is 29.5 Å². The van der Waals surface area contributed by atoms with E-state index in [4.69, 9.17) is 4.42 Å². The number of sulfonamides is 1. The molecule has 0 atom stereocenters. The molecule has 1 aliphatic heterocycles. The Bertz CT molecular complexity index is 795. The molecular formula is C14H18N4O4S. The van der Waals surface area contributed by atoms with Crippen LogP contribution in [0.4, 0.5) is 0 Å². The van der Waals surface area contributed by atoms with E-state index < -0.39 is 10.0 Å². The minimum absolute atomic E-state index is 0.142. The highest BCUT2D eigenvalue weighted by molar-refractivity contribution is 7.88. The van der Waals surface area contributed by atoms with Gasteiger partial charge in [-0.2, -0.15) is 0 Å². The molecule has 2 aromatic heterocycles. The standard InChI is InChI=1S/C14H18N4O4S/c1-23(20,21)16-10-11-9-15-13-4-5-17(6-7-18(11)13)14(19)12-3-2-8-22-12/h2-3,8-9,16H,4-7,10H2,1H3. The number of aromatic nitrogens is 2. The molecular weight excluding hydrogens is 320 g/mol. The van der Waals surface area contributed by atoms with Crippen molar-refractivity contribution in [2.45, 2.75) is 19.5 Å². The Balaban J connectivity index is 1.71. The van der Waals surface area contributed by atoms with E-state index in [1.165, 1.54) is 6.26 Å². The Morgan fingerprint density at radius 1 is 1.39 bits per heavy atom. The minimum atomic E-state index is -3.26. The number of hydrogen-bond acceptors (Lipinski definition) is 5. The molecule has 2 aromatic rings. The van der Waals surface area contributed by atoms with Crippen molar-refractivity contribution in [3.8, 4) is 0 Å². The van der Waals surface area contributed by atoms with Crippen LogP contribution in [-0.4, -0.2) is 48.1 Å². The Labute approximate surface area is 134 Å². The summed E-state index contributed by atoms with van der Waals surface area (Å²) in [6, 6.07) is 3.33. The molecule has 0 unspecified atom stereocenters. The smallest absolute Gasteiger partial charge is 0.289 e. The topological polar surface area (TPSA) is 97.4 Å². The zero-order chi connectivity index (χ0) is 16.4. The average Bonchev–Trinajstić information content (AvgIpc) is 3.10. The Morgan fingerprint density at radius 3 is 2.91 bits per heavy atom. The second-order valence-electron chi connectivity index (χ2n) is 5.43. The van der Waals surface area contributed by atoms with Crippen molar-refractivity contribution in [3.05, 3.63) is 41.9 Å². The van der Waals surface area contributed by atoms with Gasteiger partial charge in [-0.15, -0.1) is 0 Å². The largest absolute Gasteiger partial charge is 0.459 e. The van der Waals surface area contributed by atoms with Crippen LogP contribution in [0.2, 0.25) is 0 Å². The maximum absolute atomic E-state index is 12.3. The third-order valence-electron chi connectivity index (χ3n) is 3.75. The lowest BCUT2D eigenvalue weighted by atomic mass is 10.3. The van der Waals surface area contributed by atoms with Gasteiger partial charge in [0.05, 0.1) is 24.8 Å². The molecule has 0 saturated carbocycles.